The van der Waals surface area contributed by atoms with Gasteiger partial charge in [-0.1, -0.05) is 11.6 Å². The molecule has 3 N–H and O–H groups in total. The Bertz CT molecular complexity index is 743. The van der Waals surface area contributed by atoms with Crippen molar-refractivity contribution in [3.8, 4) is 5.82 Å². The van der Waals surface area contributed by atoms with Gasteiger partial charge in [-0.05, 0) is 20.2 Å². The minimum atomic E-state index is -3.79. The lowest BCUT2D eigenvalue weighted by Crippen LogP contribution is -2.33. The summed E-state index contributed by atoms with van der Waals surface area (Å²) in [6.07, 6.45) is 4.21. The Morgan fingerprint density at radius 2 is 2.14 bits per heavy atom. The number of halogens is 1. The van der Waals surface area contributed by atoms with Gasteiger partial charge < -0.3 is 5.73 Å². The van der Waals surface area contributed by atoms with Gasteiger partial charge in [0, 0.05) is 0 Å². The van der Waals surface area contributed by atoms with Gasteiger partial charge in [0.1, 0.15) is 4.90 Å². The molecule has 0 bridgehead atoms. The van der Waals surface area contributed by atoms with Crippen LogP contribution < -0.4 is 10.5 Å². The van der Waals surface area contributed by atoms with E-state index in [2.05, 4.69) is 14.8 Å². The lowest BCUT2D eigenvalue weighted by Gasteiger charge is -2.14. The minimum Gasteiger partial charge on any atom is -0.397 e. The van der Waals surface area contributed by atoms with Crippen LogP contribution in [0.4, 0.5) is 5.69 Å². The first-order valence-corrected chi connectivity index (χ1v) is 7.76. The van der Waals surface area contributed by atoms with Crippen LogP contribution in [0.2, 0.25) is 5.02 Å². The molecule has 2 rings (SSSR count). The zero-order valence-electron chi connectivity index (χ0n) is 11.5. The SMILES string of the molecule is CN(C)CNS(=O)(=O)c1cc(N)cnc1-n1cc(Cl)cn1. The number of nitrogens with zero attached hydrogens (tertiary/aromatic N) is 4. The summed E-state index contributed by atoms with van der Waals surface area (Å²) in [5, 5.41) is 4.34. The zero-order chi connectivity index (χ0) is 15.6. The third-order valence-electron chi connectivity index (χ3n) is 2.48. The summed E-state index contributed by atoms with van der Waals surface area (Å²) in [5.74, 6) is 0.127. The fourth-order valence-corrected chi connectivity index (χ4v) is 2.93. The van der Waals surface area contributed by atoms with E-state index in [0.717, 1.165) is 0 Å². The van der Waals surface area contributed by atoms with E-state index in [4.69, 9.17) is 17.3 Å². The van der Waals surface area contributed by atoms with Crippen LogP contribution in [0.1, 0.15) is 0 Å². The molecule has 0 amide bonds. The van der Waals surface area contributed by atoms with Gasteiger partial charge in [-0.3, -0.25) is 4.90 Å². The first kappa shape index (κ1) is 15.7. The van der Waals surface area contributed by atoms with E-state index in [1.165, 1.54) is 29.3 Å². The van der Waals surface area contributed by atoms with Gasteiger partial charge in [0.05, 0.1) is 36.0 Å². The molecule has 0 aliphatic heterocycles. The van der Waals surface area contributed by atoms with Gasteiger partial charge in [-0.15, -0.1) is 0 Å². The first-order chi connectivity index (χ1) is 9.79. The molecule has 0 spiro atoms. The minimum absolute atomic E-state index is 0.0656. The van der Waals surface area contributed by atoms with Crippen molar-refractivity contribution in [2.45, 2.75) is 4.90 Å². The molecule has 0 saturated carbocycles. The van der Waals surface area contributed by atoms with Crippen molar-refractivity contribution in [1.29, 1.82) is 0 Å². The number of sulfonamides is 1. The Morgan fingerprint density at radius 1 is 1.43 bits per heavy atom. The van der Waals surface area contributed by atoms with Gasteiger partial charge in [0.2, 0.25) is 10.0 Å². The summed E-state index contributed by atoms with van der Waals surface area (Å²) in [5.41, 5.74) is 5.88. The molecular weight excluding hydrogens is 316 g/mol. The highest BCUT2D eigenvalue weighted by molar-refractivity contribution is 7.89. The summed E-state index contributed by atoms with van der Waals surface area (Å²) in [6.45, 7) is 0.149. The Hall–Kier alpha value is -1.68. The molecule has 114 valence electrons. The van der Waals surface area contributed by atoms with Crippen molar-refractivity contribution in [1.82, 2.24) is 24.4 Å². The molecule has 2 aromatic rings. The number of hydrogen-bond donors (Lipinski definition) is 2. The zero-order valence-corrected chi connectivity index (χ0v) is 13.1. The second-order valence-electron chi connectivity index (χ2n) is 4.58. The van der Waals surface area contributed by atoms with Crippen LogP contribution in [-0.4, -0.2) is 48.8 Å². The lowest BCUT2D eigenvalue weighted by atomic mass is 10.4. The maximum Gasteiger partial charge on any atom is 0.245 e. The quantitative estimate of drug-likeness (QED) is 0.764. The number of aromatic nitrogens is 3. The van der Waals surface area contributed by atoms with Crippen LogP contribution in [0.5, 0.6) is 0 Å². The first-order valence-electron chi connectivity index (χ1n) is 5.90. The largest absolute Gasteiger partial charge is 0.397 e. The summed E-state index contributed by atoms with van der Waals surface area (Å²) in [4.78, 5) is 5.66. The van der Waals surface area contributed by atoms with Crippen molar-refractivity contribution in [3.05, 3.63) is 29.7 Å². The van der Waals surface area contributed by atoms with E-state index in [1.54, 1.807) is 19.0 Å². The summed E-state index contributed by atoms with van der Waals surface area (Å²) < 4.78 is 28.5. The monoisotopic (exact) mass is 330 g/mol. The second-order valence-corrected chi connectivity index (χ2v) is 6.75. The number of hydrogen-bond acceptors (Lipinski definition) is 6. The van der Waals surface area contributed by atoms with Gasteiger partial charge in [0.25, 0.3) is 0 Å². The van der Waals surface area contributed by atoms with E-state index in [0.29, 0.717) is 5.02 Å². The van der Waals surface area contributed by atoms with Crippen molar-refractivity contribution >= 4 is 27.3 Å². The number of nitrogens with one attached hydrogen (secondary N) is 1. The number of anilines is 1. The highest BCUT2D eigenvalue weighted by Gasteiger charge is 2.22. The van der Waals surface area contributed by atoms with E-state index in [-0.39, 0.29) is 23.1 Å². The number of nitrogens with two attached hydrogens (primary N) is 1. The Balaban J connectivity index is 2.49. The summed E-state index contributed by atoms with van der Waals surface area (Å²) >= 11 is 5.80. The molecule has 2 aromatic heterocycles. The smallest absolute Gasteiger partial charge is 0.245 e. The summed E-state index contributed by atoms with van der Waals surface area (Å²) in [6, 6.07) is 1.33. The maximum absolute atomic E-state index is 12.4. The molecular formula is C11H15ClN6O2S. The van der Waals surface area contributed by atoms with Crippen molar-refractivity contribution in [2.24, 2.45) is 0 Å². The van der Waals surface area contributed by atoms with Crippen molar-refractivity contribution < 1.29 is 8.42 Å². The van der Waals surface area contributed by atoms with Gasteiger partial charge in [-0.25, -0.2) is 18.1 Å². The molecule has 0 unspecified atom stereocenters. The molecule has 0 aliphatic rings. The standard InChI is InChI=1S/C11H15ClN6O2S/c1-17(2)7-16-21(19,20)10-3-9(13)5-14-11(10)18-6-8(12)4-15-18/h3-6,16H,7,13H2,1-2H3. The normalized spacial score (nSPS) is 12.0. The molecule has 0 radical (unpaired) electrons. The molecule has 10 heteroatoms. The molecule has 0 saturated heterocycles. The van der Waals surface area contributed by atoms with E-state index < -0.39 is 10.0 Å². The fraction of sp³-hybridized carbons (Fsp3) is 0.273. The van der Waals surface area contributed by atoms with E-state index in [1.807, 2.05) is 0 Å². The average Bonchev–Trinajstić information content (AvgIpc) is 2.83. The van der Waals surface area contributed by atoms with Crippen LogP contribution in [0.3, 0.4) is 0 Å². The number of nitrogen functional groups attached to an aromatic ring is 1. The average molecular weight is 331 g/mol. The topological polar surface area (TPSA) is 106 Å². The van der Waals surface area contributed by atoms with Crippen molar-refractivity contribution in [2.75, 3.05) is 26.5 Å². The highest BCUT2D eigenvalue weighted by atomic mass is 35.5. The molecule has 0 atom stereocenters. The predicted octanol–water partition coefficient (Wildman–Crippen LogP) is 0.300. The van der Waals surface area contributed by atoms with Crippen LogP contribution in [0.25, 0.3) is 5.82 Å². The predicted molar refractivity (Wildman–Crippen MR) is 79.7 cm³/mol. The van der Waals surface area contributed by atoms with Gasteiger partial charge in [0.15, 0.2) is 5.82 Å². The van der Waals surface area contributed by atoms with Gasteiger partial charge in [-0.2, -0.15) is 9.82 Å². The van der Waals surface area contributed by atoms with Crippen LogP contribution >= 0.6 is 11.6 Å². The fourth-order valence-electron chi connectivity index (χ4n) is 1.53. The van der Waals surface area contributed by atoms with Gasteiger partial charge >= 0.3 is 0 Å². The molecule has 2 heterocycles. The Morgan fingerprint density at radius 3 is 2.71 bits per heavy atom. The molecule has 0 fully saturated rings. The molecule has 8 nitrogen and oxygen atoms in total. The lowest BCUT2D eigenvalue weighted by molar-refractivity contribution is 0.399. The second kappa shape index (κ2) is 5.98. The maximum atomic E-state index is 12.4. The van der Waals surface area contributed by atoms with Crippen LogP contribution in [0.15, 0.2) is 29.6 Å². The third-order valence-corrected chi connectivity index (χ3v) is 4.07. The highest BCUT2D eigenvalue weighted by Crippen LogP contribution is 2.21. The third kappa shape index (κ3) is 3.70. The van der Waals surface area contributed by atoms with Crippen molar-refractivity contribution in [3.63, 3.8) is 0 Å². The molecule has 21 heavy (non-hydrogen) atoms. The summed E-state index contributed by atoms with van der Waals surface area (Å²) in [7, 11) is -0.297. The van der Waals surface area contributed by atoms with Crippen LogP contribution in [-0.2, 0) is 10.0 Å². The number of pyridine rings is 1. The Kier molecular flexibility index (Phi) is 4.47. The molecule has 0 aliphatic carbocycles. The Labute approximate surface area is 127 Å². The van der Waals surface area contributed by atoms with E-state index in [9.17, 15) is 8.42 Å². The number of rotatable bonds is 5. The molecule has 0 aromatic carbocycles. The van der Waals surface area contributed by atoms with E-state index >= 15 is 0 Å². The van der Waals surface area contributed by atoms with Crippen LogP contribution in [0, 0.1) is 0 Å².